The van der Waals surface area contributed by atoms with Crippen molar-refractivity contribution in [2.45, 2.75) is 38.7 Å². The lowest BCUT2D eigenvalue weighted by Crippen LogP contribution is -2.31. The molecule has 1 aliphatic carbocycles. The van der Waals surface area contributed by atoms with Crippen LogP contribution in [0.25, 0.3) is 0 Å². The number of rotatable bonds is 6. The third-order valence-corrected chi connectivity index (χ3v) is 4.03. The zero-order valence-corrected chi connectivity index (χ0v) is 12.9. The van der Waals surface area contributed by atoms with E-state index in [0.29, 0.717) is 30.7 Å². The molecule has 22 heavy (non-hydrogen) atoms. The van der Waals surface area contributed by atoms with Gasteiger partial charge in [-0.05, 0) is 30.9 Å². The number of nitrogens with zero attached hydrogens (tertiary/aromatic N) is 1. The molecule has 0 spiro atoms. The second-order valence-corrected chi connectivity index (χ2v) is 5.72. The fourth-order valence-electron chi connectivity index (χ4n) is 2.68. The molecule has 1 heterocycles. The summed E-state index contributed by atoms with van der Waals surface area (Å²) in [6.45, 7) is 3.18. The quantitative estimate of drug-likeness (QED) is 0.779. The van der Waals surface area contributed by atoms with Crippen LogP contribution in [0.15, 0.2) is 18.3 Å². The Labute approximate surface area is 130 Å². The van der Waals surface area contributed by atoms with Crippen molar-refractivity contribution in [2.75, 3.05) is 13.2 Å². The average molecular weight is 305 g/mol. The van der Waals surface area contributed by atoms with E-state index in [2.05, 4.69) is 17.2 Å². The second kappa shape index (κ2) is 7.89. The van der Waals surface area contributed by atoms with Crippen molar-refractivity contribution >= 4 is 11.8 Å². The number of primary amides is 1. The van der Waals surface area contributed by atoms with E-state index in [1.165, 1.54) is 37.6 Å². The Morgan fingerprint density at radius 3 is 2.77 bits per heavy atom. The van der Waals surface area contributed by atoms with E-state index < -0.39 is 5.91 Å². The Balaban J connectivity index is 1.72. The maximum absolute atomic E-state index is 11.9. The number of pyridine rings is 1. The molecule has 2 rings (SSSR count). The molecule has 3 N–H and O–H groups in total. The van der Waals surface area contributed by atoms with Gasteiger partial charge in [-0.25, -0.2) is 0 Å². The standard InChI is InChI=1S/C16H23N3O3/c1-11-4-2-3-5-14(11)22-9-8-18-16(21)12-6-7-13(15(17)20)19-10-12/h6-7,10-11,14H,2-5,8-9H2,1H3,(H2,17,20)(H,18,21)/t11-,14-/m0/s1. The number of nitrogens with one attached hydrogen (secondary N) is 1. The molecule has 0 bridgehead atoms. The predicted octanol–water partition coefficient (Wildman–Crippen LogP) is 1.51. The molecule has 1 fully saturated rings. The summed E-state index contributed by atoms with van der Waals surface area (Å²) in [5.74, 6) is -0.249. The molecule has 0 saturated heterocycles. The van der Waals surface area contributed by atoms with Crippen LogP contribution in [0.3, 0.4) is 0 Å². The topological polar surface area (TPSA) is 94.3 Å². The van der Waals surface area contributed by atoms with Crippen LogP contribution in [0.5, 0.6) is 0 Å². The van der Waals surface area contributed by atoms with Gasteiger partial charge in [0, 0.05) is 12.7 Å². The minimum Gasteiger partial charge on any atom is -0.376 e. The first-order valence-corrected chi connectivity index (χ1v) is 7.73. The number of hydrogen-bond donors (Lipinski definition) is 2. The summed E-state index contributed by atoms with van der Waals surface area (Å²) in [7, 11) is 0. The van der Waals surface area contributed by atoms with E-state index >= 15 is 0 Å². The second-order valence-electron chi connectivity index (χ2n) is 5.72. The zero-order valence-electron chi connectivity index (χ0n) is 12.9. The molecule has 120 valence electrons. The van der Waals surface area contributed by atoms with Crippen molar-refractivity contribution in [3.63, 3.8) is 0 Å². The van der Waals surface area contributed by atoms with E-state index in [1.54, 1.807) is 0 Å². The predicted molar refractivity (Wildman–Crippen MR) is 82.5 cm³/mol. The van der Waals surface area contributed by atoms with Crippen LogP contribution in [-0.4, -0.2) is 36.1 Å². The van der Waals surface area contributed by atoms with Crippen molar-refractivity contribution in [2.24, 2.45) is 11.7 Å². The van der Waals surface area contributed by atoms with E-state index in [-0.39, 0.29) is 11.6 Å². The van der Waals surface area contributed by atoms with Gasteiger partial charge in [-0.15, -0.1) is 0 Å². The van der Waals surface area contributed by atoms with Gasteiger partial charge in [0.25, 0.3) is 11.8 Å². The van der Waals surface area contributed by atoms with Crippen molar-refractivity contribution in [1.29, 1.82) is 0 Å². The Hall–Kier alpha value is -1.95. The lowest BCUT2D eigenvalue weighted by atomic mass is 9.88. The van der Waals surface area contributed by atoms with Crippen LogP contribution in [0.1, 0.15) is 53.5 Å². The van der Waals surface area contributed by atoms with Gasteiger partial charge in [-0.1, -0.05) is 19.8 Å². The molecule has 0 aromatic carbocycles. The monoisotopic (exact) mass is 305 g/mol. The van der Waals surface area contributed by atoms with Crippen molar-refractivity contribution in [1.82, 2.24) is 10.3 Å². The first-order chi connectivity index (χ1) is 10.6. The smallest absolute Gasteiger partial charge is 0.267 e. The molecule has 1 saturated carbocycles. The highest BCUT2D eigenvalue weighted by Gasteiger charge is 2.21. The molecule has 0 unspecified atom stereocenters. The van der Waals surface area contributed by atoms with Crippen LogP contribution >= 0.6 is 0 Å². The summed E-state index contributed by atoms with van der Waals surface area (Å²) < 4.78 is 5.84. The first kappa shape index (κ1) is 16.4. The molecule has 2 amide bonds. The third kappa shape index (κ3) is 4.53. The Kier molecular flexibility index (Phi) is 5.89. The molecule has 0 radical (unpaired) electrons. The molecular weight excluding hydrogens is 282 g/mol. The van der Waals surface area contributed by atoms with Gasteiger partial charge in [0.1, 0.15) is 5.69 Å². The summed E-state index contributed by atoms with van der Waals surface area (Å²) in [4.78, 5) is 26.7. The lowest BCUT2D eigenvalue weighted by Gasteiger charge is -2.28. The minimum atomic E-state index is -0.609. The number of hydrogen-bond acceptors (Lipinski definition) is 4. The number of aromatic nitrogens is 1. The van der Waals surface area contributed by atoms with Gasteiger partial charge < -0.3 is 15.8 Å². The molecule has 1 aromatic heterocycles. The van der Waals surface area contributed by atoms with Crippen LogP contribution in [0.2, 0.25) is 0 Å². The van der Waals surface area contributed by atoms with Gasteiger partial charge in [0.15, 0.2) is 0 Å². The highest BCUT2D eigenvalue weighted by Crippen LogP contribution is 2.25. The molecule has 6 nitrogen and oxygen atoms in total. The maximum Gasteiger partial charge on any atom is 0.267 e. The fraction of sp³-hybridized carbons (Fsp3) is 0.562. The highest BCUT2D eigenvalue weighted by atomic mass is 16.5. The Bertz CT molecular complexity index is 516. The highest BCUT2D eigenvalue weighted by molar-refractivity contribution is 5.95. The van der Waals surface area contributed by atoms with Crippen LogP contribution in [-0.2, 0) is 4.74 Å². The maximum atomic E-state index is 11.9. The summed E-state index contributed by atoms with van der Waals surface area (Å²) in [6.07, 6.45) is 6.48. The van der Waals surface area contributed by atoms with Gasteiger partial charge in [0.2, 0.25) is 0 Å². The number of ether oxygens (including phenoxy) is 1. The molecule has 6 heteroatoms. The third-order valence-electron chi connectivity index (χ3n) is 4.03. The van der Waals surface area contributed by atoms with E-state index in [9.17, 15) is 9.59 Å². The molecule has 0 aliphatic heterocycles. The summed E-state index contributed by atoms with van der Waals surface area (Å²) in [5, 5.41) is 2.78. The van der Waals surface area contributed by atoms with E-state index in [4.69, 9.17) is 10.5 Å². The van der Waals surface area contributed by atoms with E-state index in [0.717, 1.165) is 6.42 Å². The number of nitrogens with two attached hydrogens (primary N) is 1. The number of carbonyl (C=O) groups is 2. The van der Waals surface area contributed by atoms with Crippen LogP contribution in [0.4, 0.5) is 0 Å². The summed E-state index contributed by atoms with van der Waals surface area (Å²) >= 11 is 0. The molecule has 1 aliphatic rings. The van der Waals surface area contributed by atoms with Crippen LogP contribution in [0, 0.1) is 5.92 Å². The minimum absolute atomic E-state index is 0.145. The van der Waals surface area contributed by atoms with Gasteiger partial charge in [-0.2, -0.15) is 0 Å². The zero-order chi connectivity index (χ0) is 15.9. The number of amides is 2. The van der Waals surface area contributed by atoms with Crippen molar-refractivity contribution in [3.05, 3.63) is 29.6 Å². The Morgan fingerprint density at radius 2 is 2.14 bits per heavy atom. The van der Waals surface area contributed by atoms with Gasteiger partial charge in [0.05, 0.1) is 18.3 Å². The van der Waals surface area contributed by atoms with Gasteiger partial charge in [-0.3, -0.25) is 14.6 Å². The normalized spacial score (nSPS) is 21.3. The van der Waals surface area contributed by atoms with Crippen molar-refractivity contribution < 1.29 is 14.3 Å². The van der Waals surface area contributed by atoms with Crippen LogP contribution < -0.4 is 11.1 Å². The molecule has 2 atom stereocenters. The molecule has 1 aromatic rings. The average Bonchev–Trinajstić information content (AvgIpc) is 2.53. The molecular formula is C16H23N3O3. The largest absolute Gasteiger partial charge is 0.376 e. The Morgan fingerprint density at radius 1 is 1.36 bits per heavy atom. The van der Waals surface area contributed by atoms with Crippen molar-refractivity contribution in [3.8, 4) is 0 Å². The fourth-order valence-corrected chi connectivity index (χ4v) is 2.68. The first-order valence-electron chi connectivity index (χ1n) is 7.73. The lowest BCUT2D eigenvalue weighted by molar-refractivity contribution is -0.00294. The summed E-state index contributed by atoms with van der Waals surface area (Å²) in [6, 6.07) is 2.98. The summed E-state index contributed by atoms with van der Waals surface area (Å²) in [5.41, 5.74) is 5.65. The van der Waals surface area contributed by atoms with E-state index in [1.807, 2.05) is 0 Å². The van der Waals surface area contributed by atoms with Gasteiger partial charge >= 0.3 is 0 Å². The SMILES string of the molecule is C[C@H]1CCCC[C@@H]1OCCNC(=O)c1ccc(C(N)=O)nc1. The number of carbonyl (C=O) groups excluding carboxylic acids is 2.